The minimum Gasteiger partial charge on any atom is -0.506 e. The number of fused-ring (bicyclic) bond motifs is 1. The minimum atomic E-state index is 0.280. The van der Waals surface area contributed by atoms with Crippen molar-refractivity contribution in [2.45, 2.75) is 0 Å². The second-order valence-electron chi connectivity index (χ2n) is 5.24. The number of anilines is 6. The van der Waals surface area contributed by atoms with Gasteiger partial charge in [-0.25, -0.2) is 0 Å². The highest BCUT2D eigenvalue weighted by molar-refractivity contribution is 5.97. The van der Waals surface area contributed by atoms with Crippen molar-refractivity contribution in [3.05, 3.63) is 66.7 Å². The zero-order valence-electron chi connectivity index (χ0n) is 11.8. The molecular formula is C18H15N3O. The molecule has 0 saturated carbocycles. The van der Waals surface area contributed by atoms with E-state index in [4.69, 9.17) is 0 Å². The van der Waals surface area contributed by atoms with E-state index in [1.54, 1.807) is 6.07 Å². The van der Waals surface area contributed by atoms with Crippen LogP contribution in [0.3, 0.4) is 0 Å². The average molecular weight is 289 g/mol. The van der Waals surface area contributed by atoms with Gasteiger partial charge in [-0.15, -0.1) is 0 Å². The lowest BCUT2D eigenvalue weighted by molar-refractivity contribution is 0.480. The number of phenols is 1. The quantitative estimate of drug-likeness (QED) is 0.317. The first-order valence-electron chi connectivity index (χ1n) is 7.11. The van der Waals surface area contributed by atoms with Gasteiger partial charge in [0.05, 0.1) is 5.69 Å². The Morgan fingerprint density at radius 2 is 1.27 bits per heavy atom. The molecule has 0 spiro atoms. The molecule has 1 aliphatic rings. The molecule has 4 nitrogen and oxygen atoms in total. The predicted molar refractivity (Wildman–Crippen MR) is 90.8 cm³/mol. The van der Waals surface area contributed by atoms with Crippen molar-refractivity contribution in [1.29, 1.82) is 0 Å². The normalized spacial score (nSPS) is 11.3. The summed E-state index contributed by atoms with van der Waals surface area (Å²) in [6.45, 7) is 0. The smallest absolute Gasteiger partial charge is 0.143 e. The summed E-state index contributed by atoms with van der Waals surface area (Å²) in [7, 11) is 0. The van der Waals surface area contributed by atoms with Crippen LogP contribution in [-0.4, -0.2) is 5.11 Å². The van der Waals surface area contributed by atoms with Gasteiger partial charge in [0.1, 0.15) is 11.4 Å². The second-order valence-corrected chi connectivity index (χ2v) is 5.24. The molecule has 3 aromatic rings. The van der Waals surface area contributed by atoms with E-state index >= 15 is 0 Å². The number of rotatable bonds is 4. The molecule has 0 amide bonds. The first-order chi connectivity index (χ1) is 10.8. The SMILES string of the molecule is Oc1cc(Nc2ccc(Nc3ccccc3)cc2)cc2c1N2. The van der Waals surface area contributed by atoms with Gasteiger partial charge in [-0.3, -0.25) is 0 Å². The molecule has 0 unspecified atom stereocenters. The van der Waals surface area contributed by atoms with Crippen LogP contribution in [0.15, 0.2) is 66.7 Å². The summed E-state index contributed by atoms with van der Waals surface area (Å²) in [5.74, 6) is 0.280. The van der Waals surface area contributed by atoms with Crippen LogP contribution in [0.25, 0.3) is 0 Å². The minimum absolute atomic E-state index is 0.280. The van der Waals surface area contributed by atoms with E-state index in [1.165, 1.54) is 0 Å². The Hall–Kier alpha value is -3.14. The van der Waals surface area contributed by atoms with Crippen LogP contribution < -0.4 is 16.0 Å². The van der Waals surface area contributed by atoms with E-state index in [2.05, 4.69) is 16.0 Å². The number of para-hydroxylation sites is 1. The van der Waals surface area contributed by atoms with Crippen LogP contribution >= 0.6 is 0 Å². The van der Waals surface area contributed by atoms with Gasteiger partial charge in [-0.2, -0.15) is 0 Å². The molecule has 4 rings (SSSR count). The number of hydrogen-bond acceptors (Lipinski definition) is 4. The van der Waals surface area contributed by atoms with Crippen LogP contribution in [0.5, 0.6) is 5.75 Å². The van der Waals surface area contributed by atoms with E-state index in [-0.39, 0.29) is 5.75 Å². The van der Waals surface area contributed by atoms with Gasteiger partial charge in [-0.05, 0) is 42.5 Å². The van der Waals surface area contributed by atoms with E-state index < -0.39 is 0 Å². The summed E-state index contributed by atoms with van der Waals surface area (Å²) in [6, 6.07) is 21.8. The van der Waals surface area contributed by atoms with Gasteiger partial charge < -0.3 is 21.1 Å². The lowest BCUT2D eigenvalue weighted by atomic mass is 10.2. The van der Waals surface area contributed by atoms with Crippen molar-refractivity contribution >= 4 is 34.1 Å². The Morgan fingerprint density at radius 3 is 1.91 bits per heavy atom. The third kappa shape index (κ3) is 2.54. The van der Waals surface area contributed by atoms with Gasteiger partial charge >= 0.3 is 0 Å². The molecule has 0 fully saturated rings. The Bertz CT molecular complexity index is 814. The topological polar surface area (TPSA) is 66.2 Å². The lowest BCUT2D eigenvalue weighted by Gasteiger charge is -2.09. The number of hydrogen-bond donors (Lipinski definition) is 4. The molecule has 108 valence electrons. The molecule has 4 heteroatoms. The summed E-state index contributed by atoms with van der Waals surface area (Å²) in [5.41, 5.74) is 5.73. The summed E-state index contributed by atoms with van der Waals surface area (Å²) in [4.78, 5) is 0. The first-order valence-corrected chi connectivity index (χ1v) is 7.11. The van der Waals surface area contributed by atoms with Gasteiger partial charge in [0.15, 0.2) is 0 Å². The van der Waals surface area contributed by atoms with Crippen molar-refractivity contribution in [3.8, 4) is 5.75 Å². The van der Waals surface area contributed by atoms with Crippen LogP contribution in [-0.2, 0) is 0 Å². The molecule has 0 radical (unpaired) electrons. The monoisotopic (exact) mass is 289 g/mol. The molecule has 0 atom stereocenters. The predicted octanol–water partition coefficient (Wildman–Crippen LogP) is 4.94. The Labute approximate surface area is 128 Å². The summed E-state index contributed by atoms with van der Waals surface area (Å²) in [5, 5.41) is 19.4. The van der Waals surface area contributed by atoms with Crippen molar-refractivity contribution in [3.63, 3.8) is 0 Å². The fraction of sp³-hybridized carbons (Fsp3) is 0. The van der Waals surface area contributed by atoms with E-state index in [0.717, 1.165) is 34.1 Å². The molecule has 22 heavy (non-hydrogen) atoms. The maximum absolute atomic E-state index is 9.73. The van der Waals surface area contributed by atoms with Gasteiger partial charge in [0.25, 0.3) is 0 Å². The third-order valence-corrected chi connectivity index (χ3v) is 3.55. The Balaban J connectivity index is 1.48. The number of nitrogens with one attached hydrogen (secondary N) is 3. The highest BCUT2D eigenvalue weighted by atomic mass is 16.3. The molecular weight excluding hydrogens is 274 g/mol. The van der Waals surface area contributed by atoms with E-state index in [9.17, 15) is 5.11 Å². The Morgan fingerprint density at radius 1 is 0.682 bits per heavy atom. The van der Waals surface area contributed by atoms with Gasteiger partial charge in [0, 0.05) is 28.8 Å². The molecule has 1 heterocycles. The van der Waals surface area contributed by atoms with Crippen molar-refractivity contribution in [2.75, 3.05) is 16.0 Å². The van der Waals surface area contributed by atoms with Crippen LogP contribution in [0.1, 0.15) is 0 Å². The molecule has 0 aliphatic carbocycles. The molecule has 4 N–H and O–H groups in total. The van der Waals surface area contributed by atoms with Gasteiger partial charge in [-0.1, -0.05) is 18.2 Å². The largest absolute Gasteiger partial charge is 0.506 e. The van der Waals surface area contributed by atoms with Crippen LogP contribution in [0.4, 0.5) is 34.1 Å². The lowest BCUT2D eigenvalue weighted by Crippen LogP contribution is -1.92. The van der Waals surface area contributed by atoms with Crippen molar-refractivity contribution in [1.82, 2.24) is 0 Å². The zero-order chi connectivity index (χ0) is 14.9. The molecule has 1 aliphatic heterocycles. The molecule has 0 aromatic heterocycles. The molecule has 3 aromatic carbocycles. The maximum atomic E-state index is 9.73. The van der Waals surface area contributed by atoms with E-state index in [0.29, 0.717) is 0 Å². The van der Waals surface area contributed by atoms with Crippen molar-refractivity contribution in [2.24, 2.45) is 0 Å². The van der Waals surface area contributed by atoms with Crippen LogP contribution in [0.2, 0.25) is 0 Å². The second kappa shape index (κ2) is 5.00. The molecule has 0 bridgehead atoms. The highest BCUT2D eigenvalue weighted by Gasteiger charge is 2.21. The maximum Gasteiger partial charge on any atom is 0.143 e. The van der Waals surface area contributed by atoms with E-state index in [1.807, 2.05) is 60.7 Å². The highest BCUT2D eigenvalue weighted by Crippen LogP contribution is 2.48. The van der Waals surface area contributed by atoms with Gasteiger partial charge in [0.2, 0.25) is 0 Å². The van der Waals surface area contributed by atoms with Crippen molar-refractivity contribution < 1.29 is 5.11 Å². The average Bonchev–Trinajstić information content (AvgIpc) is 3.30. The molecule has 0 saturated heterocycles. The summed E-state index contributed by atoms with van der Waals surface area (Å²) >= 11 is 0. The fourth-order valence-electron chi connectivity index (χ4n) is 2.39. The summed E-state index contributed by atoms with van der Waals surface area (Å²) in [6.07, 6.45) is 0. The summed E-state index contributed by atoms with van der Waals surface area (Å²) < 4.78 is 0. The number of aromatic hydroxyl groups is 1. The number of benzene rings is 3. The third-order valence-electron chi connectivity index (χ3n) is 3.55. The standard InChI is InChI=1S/C18H15N3O/c22-17-11-15(10-16-18(17)21-16)20-14-8-6-13(7-9-14)19-12-4-2-1-3-5-12/h1-11,19-22H. The number of phenolic OH excluding ortho intramolecular Hbond substituents is 1. The fourth-order valence-corrected chi connectivity index (χ4v) is 2.39. The Kier molecular flexibility index (Phi) is 2.86. The first kappa shape index (κ1) is 12.6. The van der Waals surface area contributed by atoms with Crippen LogP contribution in [0, 0.1) is 0 Å². The zero-order valence-corrected chi connectivity index (χ0v) is 11.8.